The Balaban J connectivity index is 1.56. The van der Waals surface area contributed by atoms with Crippen LogP contribution in [0.2, 0.25) is 0 Å². The van der Waals surface area contributed by atoms with Gasteiger partial charge in [-0.15, -0.1) is 0 Å². The summed E-state index contributed by atoms with van der Waals surface area (Å²) < 4.78 is 16.7. The second kappa shape index (κ2) is 7.27. The SMILES string of the molecule is CC(C)(C(=O)Nc1ccccc1Oc1ccccc1)c1ccc2c(c1)OCO2. The molecular formula is C23H21NO4. The van der Waals surface area contributed by atoms with Crippen molar-refractivity contribution in [1.82, 2.24) is 0 Å². The highest BCUT2D eigenvalue weighted by molar-refractivity contribution is 5.99. The maximum Gasteiger partial charge on any atom is 0.234 e. The quantitative estimate of drug-likeness (QED) is 0.672. The predicted molar refractivity (Wildman–Crippen MR) is 107 cm³/mol. The minimum atomic E-state index is -0.777. The number of hydrogen-bond donors (Lipinski definition) is 1. The maximum absolute atomic E-state index is 13.1. The van der Waals surface area contributed by atoms with Crippen LogP contribution >= 0.6 is 0 Å². The van der Waals surface area contributed by atoms with Gasteiger partial charge in [-0.1, -0.05) is 36.4 Å². The van der Waals surface area contributed by atoms with Crippen molar-refractivity contribution in [1.29, 1.82) is 0 Å². The van der Waals surface area contributed by atoms with E-state index in [1.807, 2.05) is 86.6 Å². The lowest BCUT2D eigenvalue weighted by atomic mass is 9.83. The van der Waals surface area contributed by atoms with Crippen LogP contribution in [0.15, 0.2) is 72.8 Å². The zero-order valence-corrected chi connectivity index (χ0v) is 15.8. The first-order valence-corrected chi connectivity index (χ1v) is 9.07. The van der Waals surface area contributed by atoms with Crippen LogP contribution in [0.1, 0.15) is 19.4 Å². The summed E-state index contributed by atoms with van der Waals surface area (Å²) >= 11 is 0. The van der Waals surface area contributed by atoms with Crippen molar-refractivity contribution >= 4 is 11.6 Å². The van der Waals surface area contributed by atoms with E-state index in [2.05, 4.69) is 5.32 Å². The minimum absolute atomic E-state index is 0.143. The van der Waals surface area contributed by atoms with Gasteiger partial charge in [0.15, 0.2) is 17.2 Å². The van der Waals surface area contributed by atoms with Gasteiger partial charge in [0.2, 0.25) is 12.7 Å². The van der Waals surface area contributed by atoms with E-state index in [0.717, 1.165) is 5.56 Å². The second-order valence-corrected chi connectivity index (χ2v) is 7.06. The number of anilines is 1. The summed E-state index contributed by atoms with van der Waals surface area (Å²) in [5.41, 5.74) is 0.682. The molecule has 5 nitrogen and oxygen atoms in total. The Morgan fingerprint density at radius 3 is 2.46 bits per heavy atom. The van der Waals surface area contributed by atoms with Crippen LogP contribution in [0.25, 0.3) is 0 Å². The monoisotopic (exact) mass is 375 g/mol. The number of para-hydroxylation sites is 3. The number of benzene rings is 3. The van der Waals surface area contributed by atoms with E-state index < -0.39 is 5.41 Å². The van der Waals surface area contributed by atoms with Gasteiger partial charge in [-0.25, -0.2) is 0 Å². The van der Waals surface area contributed by atoms with Gasteiger partial charge < -0.3 is 19.5 Å². The van der Waals surface area contributed by atoms with Crippen molar-refractivity contribution < 1.29 is 19.0 Å². The predicted octanol–water partition coefficient (Wildman–Crippen LogP) is 5.12. The van der Waals surface area contributed by atoms with Crippen LogP contribution in [0.4, 0.5) is 5.69 Å². The van der Waals surface area contributed by atoms with Crippen molar-refractivity contribution in [2.24, 2.45) is 0 Å². The molecule has 1 N–H and O–H groups in total. The molecule has 0 saturated carbocycles. The van der Waals surface area contributed by atoms with E-state index in [-0.39, 0.29) is 12.7 Å². The second-order valence-electron chi connectivity index (χ2n) is 7.06. The van der Waals surface area contributed by atoms with E-state index in [4.69, 9.17) is 14.2 Å². The number of amides is 1. The summed E-state index contributed by atoms with van der Waals surface area (Å²) in [6.45, 7) is 3.96. The van der Waals surface area contributed by atoms with Crippen LogP contribution in [-0.2, 0) is 10.2 Å². The van der Waals surface area contributed by atoms with Gasteiger partial charge in [0.05, 0.1) is 11.1 Å². The number of fused-ring (bicyclic) bond motifs is 1. The molecular weight excluding hydrogens is 354 g/mol. The fourth-order valence-electron chi connectivity index (χ4n) is 2.97. The molecule has 0 unspecified atom stereocenters. The summed E-state index contributed by atoms with van der Waals surface area (Å²) in [6.07, 6.45) is 0. The van der Waals surface area contributed by atoms with E-state index in [1.54, 1.807) is 0 Å². The van der Waals surface area contributed by atoms with Crippen LogP contribution < -0.4 is 19.5 Å². The standard InChI is InChI=1S/C23H21NO4/c1-23(2,16-12-13-20-21(14-16)27-15-26-20)22(25)24-18-10-6-7-11-19(18)28-17-8-4-3-5-9-17/h3-14H,15H2,1-2H3,(H,24,25). The normalized spacial score (nSPS) is 12.5. The molecule has 142 valence electrons. The Kier molecular flexibility index (Phi) is 4.65. The Hall–Kier alpha value is -3.47. The van der Waals surface area contributed by atoms with Gasteiger partial charge in [0.1, 0.15) is 5.75 Å². The summed E-state index contributed by atoms with van der Waals surface area (Å²) in [5, 5.41) is 3.00. The molecule has 28 heavy (non-hydrogen) atoms. The average molecular weight is 375 g/mol. The highest BCUT2D eigenvalue weighted by atomic mass is 16.7. The molecule has 3 aromatic carbocycles. The van der Waals surface area contributed by atoms with Gasteiger partial charge in [0, 0.05) is 0 Å². The number of rotatable bonds is 5. The van der Waals surface area contributed by atoms with Crippen LogP contribution in [-0.4, -0.2) is 12.7 Å². The number of hydrogen-bond acceptors (Lipinski definition) is 4. The van der Waals surface area contributed by atoms with Crippen molar-refractivity contribution in [2.75, 3.05) is 12.1 Å². The molecule has 0 radical (unpaired) electrons. The summed E-state index contributed by atoms with van der Waals surface area (Å²) in [6, 6.07) is 22.4. The zero-order chi connectivity index (χ0) is 19.6. The highest BCUT2D eigenvalue weighted by Crippen LogP contribution is 2.37. The van der Waals surface area contributed by atoms with Crippen molar-refractivity contribution in [2.45, 2.75) is 19.3 Å². The zero-order valence-electron chi connectivity index (χ0n) is 15.8. The highest BCUT2D eigenvalue weighted by Gasteiger charge is 2.32. The first-order valence-electron chi connectivity index (χ1n) is 9.07. The third-order valence-electron chi connectivity index (χ3n) is 4.77. The Morgan fingerprint density at radius 1 is 0.929 bits per heavy atom. The number of carbonyl (C=O) groups is 1. The molecule has 1 amide bonds. The molecule has 4 rings (SSSR count). The molecule has 1 heterocycles. The van der Waals surface area contributed by atoms with Crippen molar-refractivity contribution in [3.63, 3.8) is 0 Å². The molecule has 0 aliphatic carbocycles. The van der Waals surface area contributed by atoms with E-state index in [0.29, 0.717) is 28.7 Å². The molecule has 5 heteroatoms. The molecule has 0 aromatic heterocycles. The fourth-order valence-corrected chi connectivity index (χ4v) is 2.97. The van der Waals surface area contributed by atoms with E-state index >= 15 is 0 Å². The largest absolute Gasteiger partial charge is 0.455 e. The fraction of sp³-hybridized carbons (Fsp3) is 0.174. The molecule has 0 spiro atoms. The first kappa shape index (κ1) is 17.9. The topological polar surface area (TPSA) is 56.8 Å². The summed E-state index contributed by atoms with van der Waals surface area (Å²) in [5.74, 6) is 2.51. The van der Waals surface area contributed by atoms with Gasteiger partial charge in [0.25, 0.3) is 0 Å². The number of carbonyl (C=O) groups excluding carboxylic acids is 1. The Labute approximate surface area is 163 Å². The first-order chi connectivity index (χ1) is 13.5. The molecule has 1 aliphatic rings. The maximum atomic E-state index is 13.1. The summed E-state index contributed by atoms with van der Waals surface area (Å²) in [4.78, 5) is 13.1. The van der Waals surface area contributed by atoms with Crippen LogP contribution in [0.5, 0.6) is 23.0 Å². The Bertz CT molecular complexity index is 998. The Morgan fingerprint density at radius 2 is 1.64 bits per heavy atom. The minimum Gasteiger partial charge on any atom is -0.455 e. The smallest absolute Gasteiger partial charge is 0.234 e. The van der Waals surface area contributed by atoms with E-state index in [1.165, 1.54) is 0 Å². The van der Waals surface area contributed by atoms with Crippen molar-refractivity contribution in [3.05, 3.63) is 78.4 Å². The average Bonchev–Trinajstić information content (AvgIpc) is 3.18. The molecule has 3 aromatic rings. The number of nitrogens with one attached hydrogen (secondary N) is 1. The molecule has 0 fully saturated rings. The van der Waals surface area contributed by atoms with Gasteiger partial charge in [-0.3, -0.25) is 4.79 Å². The lowest BCUT2D eigenvalue weighted by molar-refractivity contribution is -0.120. The van der Waals surface area contributed by atoms with Gasteiger partial charge in [-0.05, 0) is 55.8 Å². The lowest BCUT2D eigenvalue weighted by Gasteiger charge is -2.25. The lowest BCUT2D eigenvalue weighted by Crippen LogP contribution is -2.34. The van der Waals surface area contributed by atoms with Crippen LogP contribution in [0, 0.1) is 0 Å². The van der Waals surface area contributed by atoms with Gasteiger partial charge in [-0.2, -0.15) is 0 Å². The van der Waals surface area contributed by atoms with Gasteiger partial charge >= 0.3 is 0 Å². The number of ether oxygens (including phenoxy) is 3. The third-order valence-corrected chi connectivity index (χ3v) is 4.77. The molecule has 1 aliphatic heterocycles. The molecule has 0 saturated heterocycles. The van der Waals surface area contributed by atoms with E-state index in [9.17, 15) is 4.79 Å². The van der Waals surface area contributed by atoms with Crippen molar-refractivity contribution in [3.8, 4) is 23.0 Å². The molecule has 0 bridgehead atoms. The summed E-state index contributed by atoms with van der Waals surface area (Å²) in [7, 11) is 0. The van der Waals surface area contributed by atoms with Crippen LogP contribution in [0.3, 0.4) is 0 Å². The molecule has 0 atom stereocenters. The third kappa shape index (κ3) is 3.51.